The van der Waals surface area contributed by atoms with Crippen molar-refractivity contribution in [2.45, 2.75) is 56.7 Å². The molecule has 1 saturated heterocycles. The van der Waals surface area contributed by atoms with E-state index in [9.17, 15) is 33.1 Å². The van der Waals surface area contributed by atoms with Crippen LogP contribution in [0, 0.1) is 11.8 Å². The Morgan fingerprint density at radius 3 is 2.66 bits per heavy atom. The minimum atomic E-state index is -5.42. The maximum absolute atomic E-state index is 12.5. The molecule has 27 heteroatoms. The van der Waals surface area contributed by atoms with Gasteiger partial charge in [0.1, 0.15) is 43.0 Å². The van der Waals surface area contributed by atoms with Gasteiger partial charge in [-0.05, 0) is 55.8 Å². The molecule has 24 nitrogen and oxygen atoms in total. The van der Waals surface area contributed by atoms with Gasteiger partial charge in [-0.1, -0.05) is 23.0 Å². The number of nitrogens with zero attached hydrogens (tertiary/aromatic N) is 6. The molecule has 3 heterocycles. The van der Waals surface area contributed by atoms with Gasteiger partial charge in [-0.25, -0.2) is 23.4 Å². The van der Waals surface area contributed by atoms with Crippen LogP contribution in [0.2, 0.25) is 0 Å². The van der Waals surface area contributed by atoms with Gasteiger partial charge in [0.2, 0.25) is 5.91 Å². The van der Waals surface area contributed by atoms with Gasteiger partial charge < -0.3 is 54.6 Å². The molecule has 1 aliphatic heterocycles. The van der Waals surface area contributed by atoms with Gasteiger partial charge in [0.25, 0.3) is 5.91 Å². The van der Waals surface area contributed by atoms with E-state index >= 15 is 0 Å². The molecule has 7 N–H and O–H groups in total. The standard InChI is InChI=1S/C32H42N9O15P3/c1-57(44,45)55-59(48,49)56-58(46,47)53-17-25-10-11-28(54-25)41-16-22(29-30(33)36-20-37-31(29)41)6-4-12-35-26(42)18-50-13-14-51-27(39-40-34)19-52-24-9-2-5-21(15-24)32(43)38-23-7-3-8-23/h2,5,9,15-16,20,23,25,27-28H,3,7-8,10-14,17-19H2,1H3,(H,35,42)(H,38,43)(H,44,45)(H,46,47)(H,48,49)(H2,33,36,37)/t25-,27?,28+/m0/s1. The predicted octanol–water partition coefficient (Wildman–Crippen LogP) is 3.26. The first-order valence-electron chi connectivity index (χ1n) is 17.8. The van der Waals surface area contributed by atoms with Crippen LogP contribution in [0.15, 0.2) is 41.9 Å². The normalized spacial score (nSPS) is 20.1. The van der Waals surface area contributed by atoms with Crippen LogP contribution in [-0.2, 0) is 45.8 Å². The zero-order valence-corrected chi connectivity index (χ0v) is 34.1. The van der Waals surface area contributed by atoms with E-state index in [2.05, 4.69) is 51.1 Å². The van der Waals surface area contributed by atoms with E-state index in [1.165, 1.54) is 6.33 Å². The summed E-state index contributed by atoms with van der Waals surface area (Å²) >= 11 is 0. The number of ether oxygens (including phenoxy) is 4. The van der Waals surface area contributed by atoms with E-state index < -0.39 is 54.3 Å². The molecule has 2 fully saturated rings. The zero-order valence-electron chi connectivity index (χ0n) is 31.4. The Morgan fingerprint density at radius 1 is 1.14 bits per heavy atom. The first-order chi connectivity index (χ1) is 28.0. The number of hydrogen-bond acceptors (Lipinski definition) is 16. The minimum absolute atomic E-state index is 0.0110. The Balaban J connectivity index is 1.04. The second-order valence-electron chi connectivity index (χ2n) is 13.0. The number of rotatable bonds is 21. The molecule has 0 bridgehead atoms. The Hall–Kier alpha value is -4.42. The molecule has 2 amide bonds. The second kappa shape index (κ2) is 20.7. The van der Waals surface area contributed by atoms with Crippen molar-refractivity contribution in [1.82, 2.24) is 25.2 Å². The highest BCUT2D eigenvalue weighted by atomic mass is 31.3. The van der Waals surface area contributed by atoms with Gasteiger partial charge in [0.05, 0.1) is 43.4 Å². The van der Waals surface area contributed by atoms with Crippen LogP contribution in [0.3, 0.4) is 0 Å². The zero-order chi connectivity index (χ0) is 42.6. The summed E-state index contributed by atoms with van der Waals surface area (Å²) in [5.74, 6) is 5.60. The van der Waals surface area contributed by atoms with Crippen molar-refractivity contribution < 1.29 is 70.1 Å². The van der Waals surface area contributed by atoms with E-state index in [1.54, 1.807) is 35.0 Å². The van der Waals surface area contributed by atoms with Crippen molar-refractivity contribution >= 4 is 51.9 Å². The second-order valence-corrected chi connectivity index (χ2v) is 18.0. The highest BCUT2D eigenvalue weighted by molar-refractivity contribution is 7.68. The lowest BCUT2D eigenvalue weighted by atomic mass is 9.93. The van der Waals surface area contributed by atoms with Crippen molar-refractivity contribution in [1.29, 1.82) is 0 Å². The molecule has 1 aromatic carbocycles. The van der Waals surface area contributed by atoms with Crippen molar-refractivity contribution in [2.75, 3.05) is 52.0 Å². The number of nitrogens with two attached hydrogens (primary N) is 1. The van der Waals surface area contributed by atoms with E-state index in [0.29, 0.717) is 47.4 Å². The predicted molar refractivity (Wildman–Crippen MR) is 205 cm³/mol. The van der Waals surface area contributed by atoms with E-state index in [4.69, 9.17) is 39.6 Å². The maximum Gasteiger partial charge on any atom is 0.488 e. The molecule has 59 heavy (non-hydrogen) atoms. The van der Waals surface area contributed by atoms with Crippen LogP contribution >= 0.6 is 23.2 Å². The number of fused-ring (bicyclic) bond motifs is 1. The molecule has 4 unspecified atom stereocenters. The van der Waals surface area contributed by atoms with Crippen LogP contribution < -0.4 is 21.1 Å². The summed E-state index contributed by atoms with van der Waals surface area (Å²) < 4.78 is 72.1. The Kier molecular flexibility index (Phi) is 16.0. The Bertz CT molecular complexity index is 2240. The van der Waals surface area contributed by atoms with Gasteiger partial charge in [-0.3, -0.25) is 18.7 Å². The van der Waals surface area contributed by atoms with Crippen LogP contribution in [0.25, 0.3) is 21.5 Å². The highest BCUT2D eigenvalue weighted by Crippen LogP contribution is 2.66. The summed E-state index contributed by atoms with van der Waals surface area (Å²) in [7, 11) is -15.2. The van der Waals surface area contributed by atoms with Gasteiger partial charge in [-0.15, -0.1) is 0 Å². The summed E-state index contributed by atoms with van der Waals surface area (Å²) in [5, 5.41) is 9.54. The lowest BCUT2D eigenvalue weighted by Gasteiger charge is -2.26. The average Bonchev–Trinajstić information content (AvgIpc) is 3.77. The largest absolute Gasteiger partial charge is 0.491 e. The molecular formula is C32H42N9O15P3. The molecule has 5 rings (SSSR count). The number of nitrogen functional groups attached to an aromatic ring is 1. The van der Waals surface area contributed by atoms with Crippen molar-refractivity contribution in [3.05, 3.63) is 58.4 Å². The summed E-state index contributed by atoms with van der Waals surface area (Å²) in [5.41, 5.74) is 16.3. The maximum atomic E-state index is 12.5. The first-order valence-corrected chi connectivity index (χ1v) is 22.8. The van der Waals surface area contributed by atoms with Gasteiger partial charge in [0, 0.05) is 29.4 Å². The summed E-state index contributed by atoms with van der Waals surface area (Å²) in [6, 6.07) is 6.80. The quantitative estimate of drug-likeness (QED) is 0.0223. The Morgan fingerprint density at radius 2 is 1.93 bits per heavy atom. The molecule has 3 aromatic rings. The number of phosphoric ester groups is 1. The van der Waals surface area contributed by atoms with Crippen LogP contribution in [0.5, 0.6) is 5.75 Å². The minimum Gasteiger partial charge on any atom is -0.491 e. The number of amides is 2. The molecular weight excluding hydrogens is 843 g/mol. The van der Waals surface area contributed by atoms with Gasteiger partial charge in [0.15, 0.2) is 6.23 Å². The third kappa shape index (κ3) is 14.4. The topological polar surface area (TPSA) is 340 Å². The fourth-order valence-corrected chi connectivity index (χ4v) is 9.11. The molecule has 1 saturated carbocycles. The summed E-state index contributed by atoms with van der Waals surface area (Å²) in [6.07, 6.45) is 4.07. The Labute approximate surface area is 336 Å². The third-order valence-electron chi connectivity index (χ3n) is 8.40. The summed E-state index contributed by atoms with van der Waals surface area (Å²) in [4.78, 5) is 64.4. The summed E-state index contributed by atoms with van der Waals surface area (Å²) in [6.45, 7) is -0.527. The van der Waals surface area contributed by atoms with Crippen molar-refractivity contribution in [3.63, 3.8) is 0 Å². The number of nitrogens with one attached hydrogen (secondary N) is 2. The highest BCUT2D eigenvalue weighted by Gasteiger charge is 2.40. The lowest BCUT2D eigenvalue weighted by molar-refractivity contribution is -0.126. The molecule has 6 atom stereocenters. The van der Waals surface area contributed by atoms with Gasteiger partial charge in [-0.2, -0.15) is 4.31 Å². The average molecular weight is 886 g/mol. The van der Waals surface area contributed by atoms with E-state index in [-0.39, 0.29) is 50.7 Å². The smallest absolute Gasteiger partial charge is 0.488 e. The molecule has 2 aliphatic rings. The number of benzene rings is 1. The van der Waals surface area contributed by atoms with Crippen LogP contribution in [-0.4, -0.2) is 106 Å². The number of anilines is 1. The van der Waals surface area contributed by atoms with Crippen LogP contribution in [0.1, 0.15) is 54.3 Å². The molecule has 0 radical (unpaired) electrons. The lowest BCUT2D eigenvalue weighted by Crippen LogP contribution is -2.39. The molecule has 0 spiro atoms. The van der Waals surface area contributed by atoms with E-state index in [1.807, 2.05) is 0 Å². The third-order valence-corrected chi connectivity index (χ3v) is 12.6. The molecule has 2 aromatic heterocycles. The molecule has 1 aliphatic carbocycles. The first kappa shape index (κ1) is 45.7. The monoisotopic (exact) mass is 885 g/mol. The van der Waals surface area contributed by atoms with Crippen molar-refractivity contribution in [3.8, 4) is 17.6 Å². The number of aromatic nitrogens is 3. The number of azide groups is 1. The fraction of sp³-hybridized carbons (Fsp3) is 0.500. The number of carbonyl (C=O) groups excluding carboxylic acids is 2. The van der Waals surface area contributed by atoms with Crippen LogP contribution in [0.4, 0.5) is 5.82 Å². The number of carbonyl (C=O) groups is 2. The van der Waals surface area contributed by atoms with E-state index in [0.717, 1.165) is 19.3 Å². The van der Waals surface area contributed by atoms with Gasteiger partial charge >= 0.3 is 23.2 Å². The van der Waals surface area contributed by atoms with Crippen molar-refractivity contribution in [2.24, 2.45) is 5.11 Å². The number of hydrogen-bond donors (Lipinski definition) is 6. The SMILES string of the molecule is CP(=O)(O)OP(=O)(O)OP(=O)(O)OC[C@@H]1CC[C@H](n2cc(C#CCNC(=O)COCCOC(COc3cccc(C(=O)NC4CCC4)c3)N=[N+]=[N-])c3c(N)ncnc32)O1. The number of phosphoric acid groups is 2. The molecule has 320 valence electrons. The fourth-order valence-electron chi connectivity index (χ4n) is 5.60.